The van der Waals surface area contributed by atoms with Gasteiger partial charge in [-0.15, -0.1) is 11.3 Å². The van der Waals surface area contributed by atoms with E-state index in [1.165, 1.54) is 18.4 Å². The average Bonchev–Trinajstić information content (AvgIpc) is 2.77. The fraction of sp³-hybridized carbons (Fsp3) is 0.417. The van der Waals surface area contributed by atoms with Crippen molar-refractivity contribution in [3.05, 3.63) is 27.0 Å². The molecule has 1 heterocycles. The molecule has 0 saturated heterocycles. The van der Waals surface area contributed by atoms with Gasteiger partial charge in [-0.1, -0.05) is 0 Å². The monoisotopic (exact) mass is 302 g/mol. The summed E-state index contributed by atoms with van der Waals surface area (Å²) < 4.78 is 31.3. The highest BCUT2D eigenvalue weighted by Gasteiger charge is 2.18. The van der Waals surface area contributed by atoms with Crippen molar-refractivity contribution in [1.82, 2.24) is 0 Å². The topological polar surface area (TPSA) is 69.7 Å². The molecule has 0 unspecified atom stereocenters. The molecule has 0 N–H and O–H groups in total. The molecule has 0 atom stereocenters. The smallest absolute Gasteiger partial charge is 0.348 e. The minimum atomic E-state index is -3.42. The van der Waals surface area contributed by atoms with E-state index >= 15 is 0 Å². The molecule has 5 nitrogen and oxygen atoms in total. The second-order valence-electron chi connectivity index (χ2n) is 4.26. The standard InChI is InChI=1S/C12H14O5S2/c1-16-12(13)11-6-9-4-3-8(5-10(9)18-11)7-17-19(2,14)15/h5-6H,3-4,7H2,1-2H3. The van der Waals surface area contributed by atoms with Crippen molar-refractivity contribution >= 4 is 33.5 Å². The molecule has 0 aliphatic heterocycles. The summed E-state index contributed by atoms with van der Waals surface area (Å²) in [7, 11) is -2.08. The first-order valence-electron chi connectivity index (χ1n) is 5.64. The molecule has 1 aromatic heterocycles. The van der Waals surface area contributed by atoms with Gasteiger partial charge in [0.2, 0.25) is 0 Å². The molecule has 19 heavy (non-hydrogen) atoms. The van der Waals surface area contributed by atoms with Gasteiger partial charge in [-0.2, -0.15) is 8.42 Å². The number of esters is 1. The third-order valence-electron chi connectivity index (χ3n) is 2.74. The molecule has 104 valence electrons. The van der Waals surface area contributed by atoms with Gasteiger partial charge in [0.15, 0.2) is 0 Å². The summed E-state index contributed by atoms with van der Waals surface area (Å²) in [6, 6.07) is 1.83. The number of hydrogen-bond donors (Lipinski definition) is 0. The van der Waals surface area contributed by atoms with E-state index in [2.05, 4.69) is 4.74 Å². The first-order chi connectivity index (χ1) is 8.89. The Bertz CT molecular complexity index is 625. The van der Waals surface area contributed by atoms with Crippen molar-refractivity contribution in [2.75, 3.05) is 20.0 Å². The Labute approximate surface area is 116 Å². The van der Waals surface area contributed by atoms with Crippen LogP contribution < -0.4 is 0 Å². The van der Waals surface area contributed by atoms with Crippen molar-refractivity contribution in [1.29, 1.82) is 0 Å². The van der Waals surface area contributed by atoms with Gasteiger partial charge in [-0.3, -0.25) is 4.18 Å². The molecule has 0 aromatic carbocycles. The molecular formula is C12H14O5S2. The molecule has 0 fully saturated rings. The van der Waals surface area contributed by atoms with Gasteiger partial charge in [0.1, 0.15) is 4.88 Å². The number of rotatable bonds is 4. The largest absolute Gasteiger partial charge is 0.465 e. The van der Waals surface area contributed by atoms with Crippen molar-refractivity contribution < 1.29 is 22.1 Å². The van der Waals surface area contributed by atoms with E-state index in [0.717, 1.165) is 35.1 Å². The van der Waals surface area contributed by atoms with Gasteiger partial charge in [-0.25, -0.2) is 4.79 Å². The quantitative estimate of drug-likeness (QED) is 0.627. The maximum absolute atomic E-state index is 11.4. The van der Waals surface area contributed by atoms with Crippen LogP contribution in [0.2, 0.25) is 0 Å². The molecular weight excluding hydrogens is 288 g/mol. The summed E-state index contributed by atoms with van der Waals surface area (Å²) in [6.45, 7) is 0.0731. The normalized spacial score (nSPS) is 14.7. The zero-order valence-corrected chi connectivity index (χ0v) is 12.3. The number of thiophene rings is 1. The number of hydrogen-bond acceptors (Lipinski definition) is 6. The van der Waals surface area contributed by atoms with Crippen LogP contribution in [0.4, 0.5) is 0 Å². The lowest BCUT2D eigenvalue weighted by atomic mass is 9.99. The van der Waals surface area contributed by atoms with Crippen LogP contribution in [-0.4, -0.2) is 34.4 Å². The van der Waals surface area contributed by atoms with Crippen LogP contribution in [0.3, 0.4) is 0 Å². The molecule has 0 bridgehead atoms. The van der Waals surface area contributed by atoms with Crippen molar-refractivity contribution in [3.63, 3.8) is 0 Å². The lowest BCUT2D eigenvalue weighted by molar-refractivity contribution is 0.0606. The molecule has 2 rings (SSSR count). The molecule has 0 saturated carbocycles. The minimum Gasteiger partial charge on any atom is -0.465 e. The summed E-state index contributed by atoms with van der Waals surface area (Å²) in [5.74, 6) is -0.346. The van der Waals surface area contributed by atoms with E-state index < -0.39 is 10.1 Å². The van der Waals surface area contributed by atoms with Gasteiger partial charge in [0, 0.05) is 4.88 Å². The van der Waals surface area contributed by atoms with Crippen molar-refractivity contribution in [3.8, 4) is 0 Å². The molecule has 0 amide bonds. The number of aryl methyl sites for hydroxylation is 1. The Kier molecular flexibility index (Phi) is 4.07. The molecule has 0 spiro atoms. The highest BCUT2D eigenvalue weighted by atomic mass is 32.2. The maximum Gasteiger partial charge on any atom is 0.348 e. The van der Waals surface area contributed by atoms with E-state index in [0.29, 0.717) is 4.88 Å². The van der Waals surface area contributed by atoms with Crippen LogP contribution in [0.15, 0.2) is 11.6 Å². The zero-order chi connectivity index (χ0) is 14.0. The van der Waals surface area contributed by atoms with Crippen molar-refractivity contribution in [2.45, 2.75) is 12.8 Å². The van der Waals surface area contributed by atoms with Crippen LogP contribution >= 0.6 is 11.3 Å². The van der Waals surface area contributed by atoms with Crippen LogP contribution in [0.5, 0.6) is 0 Å². The summed E-state index contributed by atoms with van der Waals surface area (Å²) >= 11 is 1.35. The van der Waals surface area contributed by atoms with E-state index in [9.17, 15) is 13.2 Å². The lowest BCUT2D eigenvalue weighted by Crippen LogP contribution is -2.08. The Hall–Kier alpha value is -1.18. The first-order valence-corrected chi connectivity index (χ1v) is 8.27. The highest BCUT2D eigenvalue weighted by molar-refractivity contribution is 7.86. The predicted molar refractivity (Wildman–Crippen MR) is 72.8 cm³/mol. The highest BCUT2D eigenvalue weighted by Crippen LogP contribution is 2.31. The number of carbonyl (C=O) groups is 1. The summed E-state index contributed by atoms with van der Waals surface area (Å²) in [6.07, 6.45) is 4.44. The lowest BCUT2D eigenvalue weighted by Gasteiger charge is -2.12. The fourth-order valence-electron chi connectivity index (χ4n) is 1.81. The van der Waals surface area contributed by atoms with Gasteiger partial charge >= 0.3 is 5.97 Å². The van der Waals surface area contributed by atoms with Gasteiger partial charge < -0.3 is 4.74 Å². The number of ether oxygens (including phenoxy) is 1. The Morgan fingerprint density at radius 2 is 2.16 bits per heavy atom. The molecule has 1 aliphatic rings. The maximum atomic E-state index is 11.4. The second-order valence-corrected chi connectivity index (χ2v) is 6.99. The average molecular weight is 302 g/mol. The minimum absolute atomic E-state index is 0.0731. The zero-order valence-electron chi connectivity index (χ0n) is 10.6. The van der Waals surface area contributed by atoms with Crippen LogP contribution in [-0.2, 0) is 25.5 Å². The number of carbonyl (C=O) groups excluding carboxylic acids is 1. The SMILES string of the molecule is COC(=O)c1cc2c(s1)C=C(COS(C)(=O)=O)CC2. The predicted octanol–water partition coefficient (Wildman–Crippen LogP) is 1.84. The van der Waals surface area contributed by atoms with E-state index in [4.69, 9.17) is 4.18 Å². The fourth-order valence-corrected chi connectivity index (χ4v) is 3.30. The van der Waals surface area contributed by atoms with Crippen molar-refractivity contribution in [2.24, 2.45) is 0 Å². The summed E-state index contributed by atoms with van der Waals surface area (Å²) in [5.41, 5.74) is 2.00. The van der Waals surface area contributed by atoms with Crippen LogP contribution in [0, 0.1) is 0 Å². The molecule has 7 heteroatoms. The second kappa shape index (κ2) is 5.44. The van der Waals surface area contributed by atoms with E-state index in [1.54, 1.807) is 0 Å². The Balaban J connectivity index is 2.16. The van der Waals surface area contributed by atoms with Gasteiger partial charge in [0.05, 0.1) is 20.0 Å². The number of methoxy groups -OCH3 is 1. The van der Waals surface area contributed by atoms with E-state index in [1.807, 2.05) is 12.1 Å². The Morgan fingerprint density at radius 1 is 1.42 bits per heavy atom. The molecule has 1 aromatic rings. The summed E-state index contributed by atoms with van der Waals surface area (Å²) in [5, 5.41) is 0. The Morgan fingerprint density at radius 3 is 2.79 bits per heavy atom. The van der Waals surface area contributed by atoms with Gasteiger partial charge in [-0.05, 0) is 36.1 Å². The van der Waals surface area contributed by atoms with Gasteiger partial charge in [0.25, 0.3) is 10.1 Å². The third-order valence-corrected chi connectivity index (χ3v) is 4.39. The molecule has 0 radical (unpaired) electrons. The van der Waals surface area contributed by atoms with Crippen LogP contribution in [0.1, 0.15) is 26.5 Å². The third kappa shape index (κ3) is 3.65. The number of fused-ring (bicyclic) bond motifs is 1. The van der Waals surface area contributed by atoms with E-state index in [-0.39, 0.29) is 12.6 Å². The first kappa shape index (κ1) is 14.2. The molecule has 1 aliphatic carbocycles. The summed E-state index contributed by atoms with van der Waals surface area (Å²) in [4.78, 5) is 13.0. The van der Waals surface area contributed by atoms with Crippen LogP contribution in [0.25, 0.3) is 6.08 Å².